The molecule has 2 aromatic carbocycles. The summed E-state index contributed by atoms with van der Waals surface area (Å²) in [6, 6.07) is 18.1. The standard InChI is InChI=1S/C24H24N4O3S/c25-32(30,31)19-8-6-17(7-9-19)10-12-26-14-20(18-4-2-1-3-5-18)24(29)22-16-28-23-11-13-27-15-21(22)23/h1-9,11,13,15-16,20,26,28H,10,12,14H2,(H2,25,30,31). The highest BCUT2D eigenvalue weighted by atomic mass is 32.2. The Labute approximate surface area is 186 Å². The smallest absolute Gasteiger partial charge is 0.238 e. The fourth-order valence-electron chi connectivity index (χ4n) is 3.73. The second-order valence-corrected chi connectivity index (χ2v) is 9.16. The van der Waals surface area contributed by atoms with Gasteiger partial charge < -0.3 is 10.3 Å². The molecule has 0 amide bonds. The van der Waals surface area contributed by atoms with Crippen LogP contribution in [0.4, 0.5) is 0 Å². The number of pyridine rings is 1. The summed E-state index contributed by atoms with van der Waals surface area (Å²) in [6.45, 7) is 1.12. The molecule has 1 unspecified atom stereocenters. The van der Waals surface area contributed by atoms with E-state index in [1.54, 1.807) is 30.7 Å². The predicted molar refractivity (Wildman–Crippen MR) is 124 cm³/mol. The van der Waals surface area contributed by atoms with Gasteiger partial charge >= 0.3 is 0 Å². The summed E-state index contributed by atoms with van der Waals surface area (Å²) < 4.78 is 22.8. The third kappa shape index (κ3) is 4.94. The first kappa shape index (κ1) is 21.9. The van der Waals surface area contributed by atoms with Crippen molar-refractivity contribution in [2.45, 2.75) is 17.2 Å². The fraction of sp³-hybridized carbons (Fsp3) is 0.167. The van der Waals surface area contributed by atoms with Crippen molar-refractivity contribution < 1.29 is 13.2 Å². The number of aromatic nitrogens is 2. The number of nitrogens with zero attached hydrogens (tertiary/aromatic N) is 1. The first-order chi connectivity index (χ1) is 15.4. The van der Waals surface area contributed by atoms with Gasteiger partial charge in [-0.1, -0.05) is 42.5 Å². The van der Waals surface area contributed by atoms with Gasteiger partial charge in [0, 0.05) is 41.6 Å². The molecule has 0 aliphatic rings. The molecule has 0 bridgehead atoms. The number of Topliss-reactive ketones (excluding diaryl/α,β-unsaturated/α-hetero) is 1. The van der Waals surface area contributed by atoms with Crippen molar-refractivity contribution in [3.8, 4) is 0 Å². The number of carbonyl (C=O) groups is 1. The second kappa shape index (κ2) is 9.44. The van der Waals surface area contributed by atoms with Crippen LogP contribution in [0.2, 0.25) is 0 Å². The molecule has 8 heteroatoms. The number of ketones is 1. The van der Waals surface area contributed by atoms with E-state index < -0.39 is 10.0 Å². The van der Waals surface area contributed by atoms with E-state index in [2.05, 4.69) is 15.3 Å². The van der Waals surface area contributed by atoms with Gasteiger partial charge in [0.25, 0.3) is 0 Å². The number of primary sulfonamides is 1. The molecule has 2 heterocycles. The van der Waals surface area contributed by atoms with E-state index in [1.165, 1.54) is 12.1 Å². The molecule has 0 radical (unpaired) electrons. The molecule has 164 valence electrons. The molecule has 32 heavy (non-hydrogen) atoms. The van der Waals surface area contributed by atoms with E-state index in [9.17, 15) is 13.2 Å². The van der Waals surface area contributed by atoms with Crippen LogP contribution in [-0.2, 0) is 16.4 Å². The molecular weight excluding hydrogens is 424 g/mol. The van der Waals surface area contributed by atoms with E-state index in [0.717, 1.165) is 22.0 Å². The zero-order valence-corrected chi connectivity index (χ0v) is 18.2. The average molecular weight is 449 g/mol. The van der Waals surface area contributed by atoms with Gasteiger partial charge in [-0.25, -0.2) is 13.6 Å². The number of hydrogen-bond acceptors (Lipinski definition) is 5. The van der Waals surface area contributed by atoms with Crippen LogP contribution in [-0.4, -0.2) is 37.3 Å². The number of aromatic amines is 1. The SMILES string of the molecule is NS(=O)(=O)c1ccc(CCNCC(C(=O)c2c[nH]c3ccncc23)c2ccccc2)cc1. The quantitative estimate of drug-likeness (QED) is 0.269. The highest BCUT2D eigenvalue weighted by molar-refractivity contribution is 7.89. The molecule has 4 rings (SSSR count). The Kier molecular flexibility index (Phi) is 6.45. The van der Waals surface area contributed by atoms with Gasteiger partial charge in [0.15, 0.2) is 5.78 Å². The molecular formula is C24H24N4O3S. The summed E-state index contributed by atoms with van der Waals surface area (Å²) in [5, 5.41) is 9.33. The van der Waals surface area contributed by atoms with Crippen LogP contribution in [0.3, 0.4) is 0 Å². The van der Waals surface area contributed by atoms with Crippen molar-refractivity contribution in [2.24, 2.45) is 5.14 Å². The van der Waals surface area contributed by atoms with E-state index in [0.29, 0.717) is 25.1 Å². The Morgan fingerprint density at radius 3 is 2.53 bits per heavy atom. The molecule has 4 N–H and O–H groups in total. The Bertz CT molecular complexity index is 1320. The van der Waals surface area contributed by atoms with Crippen LogP contribution in [0.25, 0.3) is 10.9 Å². The van der Waals surface area contributed by atoms with Crippen molar-refractivity contribution >= 4 is 26.7 Å². The lowest BCUT2D eigenvalue weighted by atomic mass is 9.90. The lowest BCUT2D eigenvalue weighted by Crippen LogP contribution is -2.28. The van der Waals surface area contributed by atoms with Gasteiger partial charge in [-0.3, -0.25) is 9.78 Å². The summed E-state index contributed by atoms with van der Waals surface area (Å²) in [6.07, 6.45) is 5.84. The molecule has 7 nitrogen and oxygen atoms in total. The molecule has 0 saturated carbocycles. The largest absolute Gasteiger partial charge is 0.360 e. The fourth-order valence-corrected chi connectivity index (χ4v) is 4.24. The van der Waals surface area contributed by atoms with Gasteiger partial charge in [0.05, 0.1) is 10.8 Å². The van der Waals surface area contributed by atoms with Crippen molar-refractivity contribution in [1.82, 2.24) is 15.3 Å². The number of H-pyrrole nitrogens is 1. The first-order valence-corrected chi connectivity index (χ1v) is 11.8. The van der Waals surface area contributed by atoms with Gasteiger partial charge in [0.1, 0.15) is 0 Å². The van der Waals surface area contributed by atoms with Crippen molar-refractivity contribution in [3.63, 3.8) is 0 Å². The molecule has 0 fully saturated rings. The van der Waals surface area contributed by atoms with E-state index in [4.69, 9.17) is 5.14 Å². The number of hydrogen-bond donors (Lipinski definition) is 3. The zero-order chi connectivity index (χ0) is 22.6. The maximum absolute atomic E-state index is 13.5. The Balaban J connectivity index is 1.46. The number of nitrogens with one attached hydrogen (secondary N) is 2. The van der Waals surface area contributed by atoms with E-state index in [1.807, 2.05) is 36.4 Å². The van der Waals surface area contributed by atoms with Crippen LogP contribution in [0.5, 0.6) is 0 Å². The van der Waals surface area contributed by atoms with Gasteiger partial charge in [-0.2, -0.15) is 0 Å². The minimum atomic E-state index is -3.69. The molecule has 0 aliphatic heterocycles. The maximum atomic E-state index is 13.5. The van der Waals surface area contributed by atoms with Crippen molar-refractivity contribution in [2.75, 3.05) is 13.1 Å². The predicted octanol–water partition coefficient (Wildman–Crippen LogP) is 3.01. The molecule has 0 saturated heterocycles. The summed E-state index contributed by atoms with van der Waals surface area (Å²) in [7, 11) is -3.69. The number of rotatable bonds is 9. The summed E-state index contributed by atoms with van der Waals surface area (Å²) in [4.78, 5) is 20.9. The second-order valence-electron chi connectivity index (χ2n) is 7.59. The minimum Gasteiger partial charge on any atom is -0.360 e. The monoisotopic (exact) mass is 448 g/mol. The number of sulfonamides is 1. The first-order valence-electron chi connectivity index (χ1n) is 10.3. The molecule has 4 aromatic rings. The summed E-state index contributed by atoms with van der Waals surface area (Å²) in [5.74, 6) is -0.319. The normalized spacial score (nSPS) is 12.7. The van der Waals surface area contributed by atoms with Crippen LogP contribution in [0, 0.1) is 0 Å². The summed E-state index contributed by atoms with van der Waals surface area (Å²) >= 11 is 0. The van der Waals surface area contributed by atoms with Crippen molar-refractivity contribution in [3.05, 3.63) is 95.9 Å². The van der Waals surface area contributed by atoms with Gasteiger partial charge in [0.2, 0.25) is 10.0 Å². The number of fused-ring (bicyclic) bond motifs is 1. The Morgan fingerprint density at radius 2 is 1.81 bits per heavy atom. The lowest BCUT2D eigenvalue weighted by Gasteiger charge is -2.17. The Morgan fingerprint density at radius 1 is 1.06 bits per heavy atom. The third-order valence-corrected chi connectivity index (χ3v) is 6.39. The molecule has 1 atom stereocenters. The van der Waals surface area contributed by atoms with Crippen molar-refractivity contribution in [1.29, 1.82) is 0 Å². The maximum Gasteiger partial charge on any atom is 0.238 e. The third-order valence-electron chi connectivity index (χ3n) is 5.46. The van der Waals surface area contributed by atoms with Gasteiger partial charge in [-0.05, 0) is 42.3 Å². The lowest BCUT2D eigenvalue weighted by molar-refractivity contribution is 0.0960. The van der Waals surface area contributed by atoms with Gasteiger partial charge in [-0.15, -0.1) is 0 Å². The topological polar surface area (TPSA) is 118 Å². The molecule has 0 spiro atoms. The van der Waals surface area contributed by atoms with E-state index >= 15 is 0 Å². The zero-order valence-electron chi connectivity index (χ0n) is 17.4. The Hall–Kier alpha value is -3.33. The van der Waals surface area contributed by atoms with Crippen LogP contribution >= 0.6 is 0 Å². The highest BCUT2D eigenvalue weighted by Gasteiger charge is 2.24. The number of carbonyl (C=O) groups excluding carboxylic acids is 1. The highest BCUT2D eigenvalue weighted by Crippen LogP contribution is 2.25. The number of nitrogens with two attached hydrogens (primary N) is 1. The minimum absolute atomic E-state index is 0.0282. The average Bonchev–Trinajstić information content (AvgIpc) is 3.23. The summed E-state index contributed by atoms with van der Waals surface area (Å²) in [5.41, 5.74) is 3.43. The number of benzene rings is 2. The van der Waals surface area contributed by atoms with E-state index in [-0.39, 0.29) is 16.6 Å². The molecule has 2 aromatic heterocycles. The molecule has 0 aliphatic carbocycles. The van der Waals surface area contributed by atoms with Crippen LogP contribution in [0.15, 0.2) is 84.1 Å². The van der Waals surface area contributed by atoms with Crippen LogP contribution in [0.1, 0.15) is 27.4 Å². The van der Waals surface area contributed by atoms with Crippen LogP contribution < -0.4 is 10.5 Å².